The van der Waals surface area contributed by atoms with Crippen LogP contribution < -0.4 is 0 Å². The Morgan fingerprint density at radius 2 is 1.80 bits per heavy atom. The average molecular weight is 369 g/mol. The monoisotopic (exact) mass is 368 g/mol. The molecule has 0 aliphatic carbocycles. The highest BCUT2D eigenvalue weighted by molar-refractivity contribution is 6.35. The molecule has 0 aliphatic heterocycles. The number of hydrogen-bond acceptors (Lipinski definition) is 4. The second kappa shape index (κ2) is 8.07. The summed E-state index contributed by atoms with van der Waals surface area (Å²) in [5.41, 5.74) is 0.420. The number of carbonyl (C=O) groups is 2. The summed E-state index contributed by atoms with van der Waals surface area (Å²) in [5, 5.41) is 9.98. The van der Waals surface area contributed by atoms with Crippen molar-refractivity contribution in [2.75, 3.05) is 6.61 Å². The maximum atomic E-state index is 12.5. The Kier molecular flexibility index (Phi) is 6.09. The molecule has 0 radical (unpaired) electrons. The van der Waals surface area contributed by atoms with E-state index in [2.05, 4.69) is 0 Å². The molecule has 0 aliphatic rings. The van der Waals surface area contributed by atoms with Gasteiger partial charge in [0.2, 0.25) is 6.43 Å². The first kappa shape index (κ1) is 18.9. The smallest absolute Gasteiger partial charge is 0.338 e. The topological polar surface area (TPSA) is 63.6 Å². The quantitative estimate of drug-likeness (QED) is 0.611. The molecule has 2 aromatic rings. The highest BCUT2D eigenvalue weighted by Gasteiger charge is 2.21. The van der Waals surface area contributed by atoms with E-state index in [4.69, 9.17) is 16.3 Å². The largest absolute Gasteiger partial charge is 0.507 e. The van der Waals surface area contributed by atoms with E-state index >= 15 is 0 Å². The van der Waals surface area contributed by atoms with Crippen molar-refractivity contribution < 1.29 is 28.2 Å². The van der Waals surface area contributed by atoms with E-state index in [-0.39, 0.29) is 28.3 Å². The standard InChI is InChI=1S/C18H15ClF2O4/c1-2-25-18(24)12-8-13(19)16(14(22)9-12)17(23)11-5-3-10(4-6-11)7-15(20)21/h3-6,8-9,15,22H,2,7H2,1H3. The second-order valence-electron chi connectivity index (χ2n) is 5.19. The Morgan fingerprint density at radius 1 is 1.16 bits per heavy atom. The van der Waals surface area contributed by atoms with Crippen molar-refractivity contribution in [1.29, 1.82) is 0 Å². The molecule has 1 N–H and O–H groups in total. The van der Waals surface area contributed by atoms with Gasteiger partial charge in [0.1, 0.15) is 5.75 Å². The van der Waals surface area contributed by atoms with Crippen molar-refractivity contribution in [2.45, 2.75) is 19.8 Å². The number of ketones is 1. The molecule has 0 fully saturated rings. The highest BCUT2D eigenvalue weighted by Crippen LogP contribution is 2.30. The zero-order chi connectivity index (χ0) is 18.6. The van der Waals surface area contributed by atoms with Crippen LogP contribution in [0.5, 0.6) is 5.75 Å². The lowest BCUT2D eigenvalue weighted by Gasteiger charge is -2.10. The first-order valence-corrected chi connectivity index (χ1v) is 7.82. The van der Waals surface area contributed by atoms with Gasteiger partial charge in [0.05, 0.1) is 22.8 Å². The van der Waals surface area contributed by atoms with Crippen LogP contribution in [0.4, 0.5) is 8.78 Å². The molecule has 0 spiro atoms. The Morgan fingerprint density at radius 3 is 2.32 bits per heavy atom. The van der Waals surface area contributed by atoms with Crippen LogP contribution in [0.25, 0.3) is 0 Å². The van der Waals surface area contributed by atoms with Gasteiger partial charge in [-0.3, -0.25) is 4.79 Å². The van der Waals surface area contributed by atoms with Gasteiger partial charge >= 0.3 is 5.97 Å². The summed E-state index contributed by atoms with van der Waals surface area (Å²) >= 11 is 6.04. The zero-order valence-electron chi connectivity index (χ0n) is 13.3. The average Bonchev–Trinajstić information content (AvgIpc) is 2.54. The molecular formula is C18H15ClF2O4. The first-order valence-electron chi connectivity index (χ1n) is 7.45. The third-order valence-corrected chi connectivity index (χ3v) is 3.71. The Balaban J connectivity index is 2.31. The third-order valence-electron chi connectivity index (χ3n) is 3.41. The van der Waals surface area contributed by atoms with E-state index in [0.717, 1.165) is 6.07 Å². The molecule has 2 aromatic carbocycles. The molecule has 0 aromatic heterocycles. The number of phenols is 1. The van der Waals surface area contributed by atoms with Gasteiger partial charge in [-0.15, -0.1) is 0 Å². The predicted molar refractivity (Wildman–Crippen MR) is 88.7 cm³/mol. The molecule has 0 heterocycles. The van der Waals surface area contributed by atoms with Crippen LogP contribution >= 0.6 is 11.6 Å². The molecule has 0 bridgehead atoms. The van der Waals surface area contributed by atoms with E-state index in [1.54, 1.807) is 6.92 Å². The number of phenolic OH excluding ortho intramolecular Hbond substituents is 1. The first-order chi connectivity index (χ1) is 11.8. The number of hydrogen-bond donors (Lipinski definition) is 1. The zero-order valence-corrected chi connectivity index (χ0v) is 14.0. The van der Waals surface area contributed by atoms with Crippen LogP contribution in [0.15, 0.2) is 36.4 Å². The van der Waals surface area contributed by atoms with Gasteiger partial charge in [-0.2, -0.15) is 0 Å². The van der Waals surface area contributed by atoms with E-state index in [9.17, 15) is 23.5 Å². The highest BCUT2D eigenvalue weighted by atomic mass is 35.5. The minimum Gasteiger partial charge on any atom is -0.507 e. The van der Waals surface area contributed by atoms with Gasteiger partial charge in [0.15, 0.2) is 5.78 Å². The van der Waals surface area contributed by atoms with Crippen molar-refractivity contribution >= 4 is 23.4 Å². The van der Waals surface area contributed by atoms with Gasteiger partial charge in [-0.05, 0) is 24.6 Å². The van der Waals surface area contributed by atoms with Crippen LogP contribution in [0.2, 0.25) is 5.02 Å². The summed E-state index contributed by atoms with van der Waals surface area (Å²) < 4.78 is 29.5. The van der Waals surface area contributed by atoms with Crippen LogP contribution in [0, 0.1) is 0 Å². The molecule has 4 nitrogen and oxygen atoms in total. The fourth-order valence-corrected chi connectivity index (χ4v) is 2.56. The van der Waals surface area contributed by atoms with Gasteiger partial charge in [0, 0.05) is 12.0 Å². The number of aromatic hydroxyl groups is 1. The number of rotatable bonds is 6. The molecule has 0 saturated carbocycles. The van der Waals surface area contributed by atoms with Crippen molar-refractivity contribution in [1.82, 2.24) is 0 Å². The van der Waals surface area contributed by atoms with Crippen molar-refractivity contribution in [3.8, 4) is 5.75 Å². The van der Waals surface area contributed by atoms with E-state index in [0.29, 0.717) is 5.56 Å². The number of halogens is 3. The maximum absolute atomic E-state index is 12.5. The fourth-order valence-electron chi connectivity index (χ4n) is 2.26. The van der Waals surface area contributed by atoms with Crippen LogP contribution in [0.1, 0.15) is 38.8 Å². The Hall–Kier alpha value is -2.47. The molecule has 2 rings (SSSR count). The Bertz CT molecular complexity index is 765. The normalized spacial score (nSPS) is 10.8. The molecule has 132 valence electrons. The molecule has 0 saturated heterocycles. The summed E-state index contributed by atoms with van der Waals surface area (Å²) in [6, 6.07) is 7.93. The molecule has 0 unspecified atom stereocenters. The molecular weight excluding hydrogens is 354 g/mol. The lowest BCUT2D eigenvalue weighted by molar-refractivity contribution is 0.0525. The predicted octanol–water partition coefficient (Wildman–Crippen LogP) is 4.26. The van der Waals surface area contributed by atoms with Gasteiger partial charge in [-0.25, -0.2) is 13.6 Å². The molecule has 7 heteroatoms. The summed E-state index contributed by atoms with van der Waals surface area (Å²) in [6.07, 6.45) is -2.88. The third kappa shape index (κ3) is 4.54. The summed E-state index contributed by atoms with van der Waals surface area (Å²) in [6.45, 7) is 1.79. The number of benzene rings is 2. The van der Waals surface area contributed by atoms with Crippen molar-refractivity contribution in [3.05, 3.63) is 63.7 Å². The van der Waals surface area contributed by atoms with Gasteiger partial charge < -0.3 is 9.84 Å². The van der Waals surface area contributed by atoms with Crippen molar-refractivity contribution in [3.63, 3.8) is 0 Å². The summed E-state index contributed by atoms with van der Waals surface area (Å²) in [4.78, 5) is 24.2. The fraction of sp³-hybridized carbons (Fsp3) is 0.222. The van der Waals surface area contributed by atoms with Crippen LogP contribution in [-0.4, -0.2) is 29.9 Å². The van der Waals surface area contributed by atoms with Crippen LogP contribution in [0.3, 0.4) is 0 Å². The van der Waals surface area contributed by atoms with Crippen LogP contribution in [-0.2, 0) is 11.2 Å². The SMILES string of the molecule is CCOC(=O)c1cc(O)c(C(=O)c2ccc(CC(F)F)cc2)c(Cl)c1. The molecule has 25 heavy (non-hydrogen) atoms. The van der Waals surface area contributed by atoms with Gasteiger partial charge in [0.25, 0.3) is 0 Å². The summed E-state index contributed by atoms with van der Waals surface area (Å²) in [5.74, 6) is -1.71. The minimum atomic E-state index is -2.48. The summed E-state index contributed by atoms with van der Waals surface area (Å²) in [7, 11) is 0. The lowest BCUT2D eigenvalue weighted by atomic mass is 9.99. The number of alkyl halides is 2. The number of ether oxygens (including phenoxy) is 1. The minimum absolute atomic E-state index is 0.0215. The number of esters is 1. The van der Waals surface area contributed by atoms with E-state index in [1.165, 1.54) is 30.3 Å². The molecule has 0 amide bonds. The maximum Gasteiger partial charge on any atom is 0.338 e. The lowest BCUT2D eigenvalue weighted by Crippen LogP contribution is -2.08. The van der Waals surface area contributed by atoms with Gasteiger partial charge in [-0.1, -0.05) is 35.9 Å². The van der Waals surface area contributed by atoms with Crippen molar-refractivity contribution in [2.24, 2.45) is 0 Å². The van der Waals surface area contributed by atoms with E-state index in [1.807, 2.05) is 0 Å². The van der Waals surface area contributed by atoms with E-state index < -0.39 is 30.3 Å². The second-order valence-corrected chi connectivity index (χ2v) is 5.60. The molecule has 0 atom stereocenters. The Labute approximate surface area is 148 Å². The number of carbonyl (C=O) groups excluding carboxylic acids is 2.